The molecule has 0 atom stereocenters. The van der Waals surface area contributed by atoms with Crippen molar-refractivity contribution in [1.82, 2.24) is 9.88 Å². The summed E-state index contributed by atoms with van der Waals surface area (Å²) in [4.78, 5) is 19.3. The SMILES string of the molecule is Cc1cc(C(F)(F)F)cc2sc(NC(=O)c3cc(Cl)cc(CN4CCCCC4)c3O)nc12. The number of thiazole rings is 1. The van der Waals surface area contributed by atoms with Crippen molar-refractivity contribution < 1.29 is 23.1 Å². The van der Waals surface area contributed by atoms with Gasteiger partial charge in [-0.15, -0.1) is 0 Å². The van der Waals surface area contributed by atoms with E-state index in [1.54, 1.807) is 13.0 Å². The van der Waals surface area contributed by atoms with Crippen LogP contribution in [-0.4, -0.2) is 34.0 Å². The lowest BCUT2D eigenvalue weighted by molar-refractivity contribution is -0.137. The fourth-order valence-electron chi connectivity index (χ4n) is 3.89. The molecule has 0 aliphatic carbocycles. The molecule has 0 bridgehead atoms. The molecule has 1 amide bonds. The van der Waals surface area contributed by atoms with Gasteiger partial charge in [-0.3, -0.25) is 15.0 Å². The number of halogens is 4. The molecule has 0 radical (unpaired) electrons. The van der Waals surface area contributed by atoms with Crippen LogP contribution in [0.1, 0.15) is 46.3 Å². The van der Waals surface area contributed by atoms with Crippen LogP contribution in [0.2, 0.25) is 5.02 Å². The van der Waals surface area contributed by atoms with Gasteiger partial charge in [0.1, 0.15) is 5.75 Å². The number of amides is 1. The topological polar surface area (TPSA) is 65.5 Å². The Morgan fingerprint density at radius 2 is 1.94 bits per heavy atom. The number of aromatic nitrogens is 1. The quantitative estimate of drug-likeness (QED) is 0.462. The summed E-state index contributed by atoms with van der Waals surface area (Å²) in [5, 5.41) is 13.8. The summed E-state index contributed by atoms with van der Waals surface area (Å²) in [5.74, 6) is -0.785. The first kappa shape index (κ1) is 22.8. The minimum atomic E-state index is -4.47. The molecule has 2 aromatic carbocycles. The molecule has 1 fully saturated rings. The molecule has 32 heavy (non-hydrogen) atoms. The van der Waals surface area contributed by atoms with Crippen LogP contribution in [0.25, 0.3) is 10.2 Å². The minimum Gasteiger partial charge on any atom is -0.507 e. The highest BCUT2D eigenvalue weighted by atomic mass is 35.5. The summed E-state index contributed by atoms with van der Waals surface area (Å²) in [7, 11) is 0. The van der Waals surface area contributed by atoms with E-state index in [1.165, 1.54) is 12.5 Å². The molecule has 0 unspecified atom stereocenters. The number of hydrogen-bond donors (Lipinski definition) is 2. The van der Waals surface area contributed by atoms with Gasteiger partial charge in [-0.05, 0) is 62.7 Å². The third-order valence-electron chi connectivity index (χ3n) is 5.47. The number of anilines is 1. The smallest absolute Gasteiger partial charge is 0.416 e. The first-order chi connectivity index (χ1) is 15.1. The van der Waals surface area contributed by atoms with Crippen molar-refractivity contribution in [2.75, 3.05) is 18.4 Å². The number of nitrogens with zero attached hydrogens (tertiary/aromatic N) is 2. The molecule has 3 aromatic rings. The van der Waals surface area contributed by atoms with Crippen LogP contribution in [0.3, 0.4) is 0 Å². The Kier molecular flexibility index (Phi) is 6.33. The molecule has 170 valence electrons. The molecule has 5 nitrogen and oxygen atoms in total. The molecule has 1 aromatic heterocycles. The van der Waals surface area contributed by atoms with Gasteiger partial charge < -0.3 is 5.11 Å². The van der Waals surface area contributed by atoms with Gasteiger partial charge in [0.25, 0.3) is 5.91 Å². The molecule has 1 aliphatic rings. The second-order valence-corrected chi connectivity index (χ2v) is 9.38. The van der Waals surface area contributed by atoms with E-state index < -0.39 is 17.6 Å². The van der Waals surface area contributed by atoms with Crippen molar-refractivity contribution in [2.45, 2.75) is 38.9 Å². The zero-order valence-corrected chi connectivity index (χ0v) is 18.8. The van der Waals surface area contributed by atoms with Crippen molar-refractivity contribution in [3.05, 3.63) is 51.5 Å². The van der Waals surface area contributed by atoms with E-state index >= 15 is 0 Å². The van der Waals surface area contributed by atoms with Gasteiger partial charge in [0.05, 0.1) is 21.3 Å². The predicted molar refractivity (Wildman–Crippen MR) is 120 cm³/mol. The second kappa shape index (κ2) is 8.88. The summed E-state index contributed by atoms with van der Waals surface area (Å²) < 4.78 is 39.6. The van der Waals surface area contributed by atoms with Crippen LogP contribution in [0, 0.1) is 6.92 Å². The van der Waals surface area contributed by atoms with Crippen LogP contribution >= 0.6 is 22.9 Å². The highest BCUT2D eigenvalue weighted by Gasteiger charge is 2.31. The van der Waals surface area contributed by atoms with Crippen molar-refractivity contribution in [3.8, 4) is 5.75 Å². The monoisotopic (exact) mass is 483 g/mol. The normalized spacial score (nSPS) is 15.3. The number of hydrogen-bond acceptors (Lipinski definition) is 5. The van der Waals surface area contributed by atoms with Crippen LogP contribution < -0.4 is 5.32 Å². The van der Waals surface area contributed by atoms with Gasteiger partial charge in [0.15, 0.2) is 5.13 Å². The van der Waals surface area contributed by atoms with Crippen LogP contribution in [-0.2, 0) is 12.7 Å². The van der Waals surface area contributed by atoms with E-state index in [4.69, 9.17) is 11.6 Å². The van der Waals surface area contributed by atoms with Crippen molar-refractivity contribution >= 4 is 44.2 Å². The van der Waals surface area contributed by atoms with Crippen LogP contribution in [0.15, 0.2) is 24.3 Å². The lowest BCUT2D eigenvalue weighted by Crippen LogP contribution is -2.29. The summed E-state index contributed by atoms with van der Waals surface area (Å²) in [6, 6.07) is 5.06. The number of fused-ring (bicyclic) bond motifs is 1. The molecule has 4 rings (SSSR count). The number of aromatic hydroxyl groups is 1. The Balaban J connectivity index is 1.59. The number of piperidine rings is 1. The van der Waals surface area contributed by atoms with E-state index in [2.05, 4.69) is 15.2 Å². The number of aryl methyl sites for hydroxylation is 1. The fraction of sp³-hybridized carbons (Fsp3) is 0.364. The van der Waals surface area contributed by atoms with E-state index in [-0.39, 0.29) is 16.4 Å². The Bertz CT molecular complexity index is 1170. The average molecular weight is 484 g/mol. The van der Waals surface area contributed by atoms with Gasteiger partial charge >= 0.3 is 6.18 Å². The summed E-state index contributed by atoms with van der Waals surface area (Å²) in [5.41, 5.74) is 0.537. The van der Waals surface area contributed by atoms with Crippen molar-refractivity contribution in [3.63, 3.8) is 0 Å². The second-order valence-electron chi connectivity index (χ2n) is 7.91. The molecule has 2 N–H and O–H groups in total. The predicted octanol–water partition coefficient (Wildman–Crippen LogP) is 6.22. The Hall–Kier alpha value is -2.36. The number of rotatable bonds is 4. The maximum atomic E-state index is 13.1. The Labute approximate surface area is 191 Å². The number of carbonyl (C=O) groups is 1. The zero-order valence-electron chi connectivity index (χ0n) is 17.2. The number of likely N-dealkylation sites (tertiary alicyclic amines) is 1. The van der Waals surface area contributed by atoms with Gasteiger partial charge in [-0.2, -0.15) is 13.2 Å². The Morgan fingerprint density at radius 3 is 2.62 bits per heavy atom. The Morgan fingerprint density at radius 1 is 1.22 bits per heavy atom. The summed E-state index contributed by atoms with van der Waals surface area (Å²) >= 11 is 7.14. The van der Waals surface area contributed by atoms with Crippen LogP contribution in [0.4, 0.5) is 18.3 Å². The number of carbonyl (C=O) groups excluding carboxylic acids is 1. The van der Waals surface area contributed by atoms with Crippen molar-refractivity contribution in [2.24, 2.45) is 0 Å². The fourth-order valence-corrected chi connectivity index (χ4v) is 5.11. The van der Waals surface area contributed by atoms with E-state index in [1.807, 2.05) is 0 Å². The number of phenolic OH excluding ortho intramolecular Hbond substituents is 1. The van der Waals surface area contributed by atoms with E-state index in [0.29, 0.717) is 32.9 Å². The number of benzene rings is 2. The third-order valence-corrected chi connectivity index (χ3v) is 6.61. The highest BCUT2D eigenvalue weighted by molar-refractivity contribution is 7.22. The lowest BCUT2D eigenvalue weighted by atomic mass is 10.1. The largest absolute Gasteiger partial charge is 0.507 e. The van der Waals surface area contributed by atoms with Gasteiger partial charge in [0.2, 0.25) is 0 Å². The molecular formula is C22H21ClF3N3O2S. The maximum Gasteiger partial charge on any atom is 0.416 e. The van der Waals surface area contributed by atoms with Crippen LogP contribution in [0.5, 0.6) is 5.75 Å². The molecule has 0 spiro atoms. The van der Waals surface area contributed by atoms with E-state index in [0.717, 1.165) is 49.4 Å². The summed E-state index contributed by atoms with van der Waals surface area (Å²) in [6.45, 7) is 3.85. The minimum absolute atomic E-state index is 0.00327. The van der Waals surface area contributed by atoms with Gasteiger partial charge in [-0.1, -0.05) is 29.4 Å². The number of alkyl halides is 3. The zero-order chi connectivity index (χ0) is 23.0. The third kappa shape index (κ3) is 4.84. The molecule has 2 heterocycles. The molecule has 10 heteroatoms. The number of phenols is 1. The van der Waals surface area contributed by atoms with Gasteiger partial charge in [0, 0.05) is 17.1 Å². The molecule has 0 saturated carbocycles. The standard InChI is InChI=1S/C22H21ClF3N3O2S/c1-12-7-14(22(24,25)26)9-17-18(12)27-21(32-17)28-20(31)16-10-15(23)8-13(19(16)30)11-29-5-3-2-4-6-29/h7-10,30H,2-6,11H2,1H3,(H,27,28,31). The first-order valence-corrected chi connectivity index (χ1v) is 11.3. The maximum absolute atomic E-state index is 13.1. The van der Waals surface area contributed by atoms with E-state index in [9.17, 15) is 23.1 Å². The highest BCUT2D eigenvalue weighted by Crippen LogP contribution is 2.37. The molecule has 1 saturated heterocycles. The first-order valence-electron chi connectivity index (χ1n) is 10.2. The average Bonchev–Trinajstić information content (AvgIpc) is 3.13. The lowest BCUT2D eigenvalue weighted by Gasteiger charge is -2.27. The molecular weight excluding hydrogens is 463 g/mol. The number of nitrogens with one attached hydrogen (secondary N) is 1. The molecule has 1 aliphatic heterocycles. The summed E-state index contributed by atoms with van der Waals surface area (Å²) in [6.07, 6.45) is -1.12. The van der Waals surface area contributed by atoms with Crippen molar-refractivity contribution in [1.29, 1.82) is 0 Å². The van der Waals surface area contributed by atoms with Gasteiger partial charge in [-0.25, -0.2) is 4.98 Å².